The molecule has 3 unspecified atom stereocenters. The summed E-state index contributed by atoms with van der Waals surface area (Å²) in [5.74, 6) is 0.00957. The number of carbonyl (C=O) groups is 1. The van der Waals surface area contributed by atoms with Crippen LogP contribution in [-0.4, -0.2) is 44.2 Å². The van der Waals surface area contributed by atoms with Crippen molar-refractivity contribution in [3.63, 3.8) is 0 Å². The molecule has 0 bridgehead atoms. The molecular formula is C20H18F3N5O2S. The van der Waals surface area contributed by atoms with Gasteiger partial charge in [-0.05, 0) is 23.1 Å². The minimum Gasteiger partial charge on any atom is -0.406 e. The van der Waals surface area contributed by atoms with E-state index in [1.807, 2.05) is 35.8 Å². The van der Waals surface area contributed by atoms with Gasteiger partial charge in [-0.25, -0.2) is 9.48 Å². The van der Waals surface area contributed by atoms with Crippen LogP contribution in [0.3, 0.4) is 0 Å². The number of thioether (sulfide) groups is 1. The molecule has 0 saturated carbocycles. The number of allylic oxidation sites excluding steroid dienone is 3. The van der Waals surface area contributed by atoms with E-state index in [-0.39, 0.29) is 5.75 Å². The Morgan fingerprint density at radius 3 is 2.61 bits per heavy atom. The number of ether oxygens (including phenoxy) is 1. The summed E-state index contributed by atoms with van der Waals surface area (Å²) in [7, 11) is 0. The van der Waals surface area contributed by atoms with E-state index < -0.39 is 29.9 Å². The largest absolute Gasteiger partial charge is 0.573 e. The van der Waals surface area contributed by atoms with Gasteiger partial charge in [0.05, 0.1) is 29.6 Å². The molecule has 1 aliphatic carbocycles. The number of halogens is 3. The maximum Gasteiger partial charge on any atom is 0.573 e. The highest BCUT2D eigenvalue weighted by Gasteiger charge is 2.49. The van der Waals surface area contributed by atoms with Crippen LogP contribution in [0.4, 0.5) is 18.0 Å². The van der Waals surface area contributed by atoms with E-state index in [1.165, 1.54) is 35.0 Å². The van der Waals surface area contributed by atoms with Crippen LogP contribution in [0, 0.1) is 0 Å². The van der Waals surface area contributed by atoms with Gasteiger partial charge < -0.3 is 15.4 Å². The summed E-state index contributed by atoms with van der Waals surface area (Å²) in [5, 5.41) is 9.91. The quantitative estimate of drug-likeness (QED) is 0.769. The lowest BCUT2D eigenvalue weighted by Crippen LogP contribution is -2.57. The van der Waals surface area contributed by atoms with Crippen molar-refractivity contribution in [2.45, 2.75) is 23.9 Å². The monoisotopic (exact) mass is 449 g/mol. The van der Waals surface area contributed by atoms with Crippen molar-refractivity contribution in [3.8, 4) is 5.75 Å². The normalized spacial score (nSPS) is 25.6. The van der Waals surface area contributed by atoms with Crippen molar-refractivity contribution in [3.05, 3.63) is 78.0 Å². The van der Waals surface area contributed by atoms with Gasteiger partial charge >= 0.3 is 12.4 Å². The van der Waals surface area contributed by atoms with Crippen LogP contribution < -0.4 is 10.5 Å². The van der Waals surface area contributed by atoms with Crippen LogP contribution in [0.5, 0.6) is 5.75 Å². The summed E-state index contributed by atoms with van der Waals surface area (Å²) in [5.41, 5.74) is 5.43. The Hall–Kier alpha value is -3.21. The Morgan fingerprint density at radius 2 is 1.97 bits per heavy atom. The highest BCUT2D eigenvalue weighted by atomic mass is 32.2. The van der Waals surface area contributed by atoms with E-state index in [0.717, 1.165) is 0 Å². The van der Waals surface area contributed by atoms with E-state index in [9.17, 15) is 18.0 Å². The highest BCUT2D eigenvalue weighted by Crippen LogP contribution is 2.47. The lowest BCUT2D eigenvalue weighted by Gasteiger charge is -2.48. The molecule has 2 heterocycles. The third kappa shape index (κ3) is 4.05. The molecule has 1 aromatic carbocycles. The van der Waals surface area contributed by atoms with Gasteiger partial charge in [-0.2, -0.15) is 0 Å². The molecule has 0 spiro atoms. The predicted molar refractivity (Wildman–Crippen MR) is 109 cm³/mol. The van der Waals surface area contributed by atoms with Gasteiger partial charge in [-0.15, -0.1) is 30.0 Å². The zero-order chi connectivity index (χ0) is 22.1. The second kappa shape index (κ2) is 8.14. The number of nitrogens with zero attached hydrogens (tertiary/aromatic N) is 4. The topological polar surface area (TPSA) is 86.3 Å². The SMILES string of the molecule is NC(=O)N1CSC=CC1C1(c2ccc(OC(F)(F)F)cc2)C=CC=CC1n1ccnn1. The number of hydrogen-bond acceptors (Lipinski definition) is 5. The first kappa shape index (κ1) is 21.0. The van der Waals surface area contributed by atoms with Gasteiger partial charge in [0.15, 0.2) is 0 Å². The minimum absolute atomic E-state index is 0.333. The fourth-order valence-corrected chi connectivity index (χ4v) is 4.82. The maximum absolute atomic E-state index is 12.6. The zero-order valence-corrected chi connectivity index (χ0v) is 16.8. The second-order valence-electron chi connectivity index (χ2n) is 6.95. The first-order chi connectivity index (χ1) is 14.8. The van der Waals surface area contributed by atoms with Crippen LogP contribution in [0.2, 0.25) is 0 Å². The van der Waals surface area contributed by atoms with Gasteiger partial charge in [-0.1, -0.05) is 47.7 Å². The zero-order valence-electron chi connectivity index (χ0n) is 16.0. The number of aromatic nitrogens is 3. The highest BCUT2D eigenvalue weighted by molar-refractivity contribution is 8.02. The van der Waals surface area contributed by atoms with Crippen LogP contribution in [0.25, 0.3) is 0 Å². The van der Waals surface area contributed by atoms with Crippen LogP contribution >= 0.6 is 11.8 Å². The maximum atomic E-state index is 12.6. The van der Waals surface area contributed by atoms with Crippen molar-refractivity contribution in [2.75, 3.05) is 5.88 Å². The molecule has 3 atom stereocenters. The number of nitrogens with two attached hydrogens (primary N) is 1. The van der Waals surface area contributed by atoms with E-state index in [0.29, 0.717) is 11.4 Å². The number of rotatable bonds is 4. The Bertz CT molecular complexity index is 1020. The molecule has 1 aliphatic heterocycles. The van der Waals surface area contributed by atoms with E-state index >= 15 is 0 Å². The summed E-state index contributed by atoms with van der Waals surface area (Å²) in [6.45, 7) is 0. The lowest BCUT2D eigenvalue weighted by atomic mass is 9.66. The van der Waals surface area contributed by atoms with Gasteiger partial charge in [-0.3, -0.25) is 0 Å². The molecule has 162 valence electrons. The molecule has 4 rings (SSSR count). The van der Waals surface area contributed by atoms with E-state index in [2.05, 4.69) is 15.0 Å². The molecule has 0 saturated heterocycles. The van der Waals surface area contributed by atoms with Crippen molar-refractivity contribution < 1.29 is 22.7 Å². The lowest BCUT2D eigenvalue weighted by molar-refractivity contribution is -0.274. The fourth-order valence-electron chi connectivity index (χ4n) is 4.03. The first-order valence-corrected chi connectivity index (χ1v) is 10.3. The second-order valence-corrected chi connectivity index (χ2v) is 7.82. The average molecular weight is 449 g/mol. The number of carbonyl (C=O) groups excluding carboxylic acids is 1. The molecule has 0 fully saturated rings. The van der Waals surface area contributed by atoms with Crippen molar-refractivity contribution in [1.82, 2.24) is 19.9 Å². The number of urea groups is 1. The Kier molecular flexibility index (Phi) is 5.52. The standard InChI is InChI=1S/C20H18F3N5O2S/c21-20(22,23)30-15-6-4-14(5-7-15)19(16-8-12-31-13-27(16)18(24)29)9-2-1-3-17(19)28-11-10-25-26-28/h1-12,16-17H,13H2,(H2,24,29). The van der Waals surface area contributed by atoms with Crippen LogP contribution in [0.1, 0.15) is 11.6 Å². The summed E-state index contributed by atoms with van der Waals surface area (Å²) in [6.07, 6.45) is 7.82. The van der Waals surface area contributed by atoms with Gasteiger partial charge in [0, 0.05) is 6.20 Å². The Morgan fingerprint density at radius 1 is 1.19 bits per heavy atom. The van der Waals surface area contributed by atoms with Gasteiger partial charge in [0.25, 0.3) is 0 Å². The number of amides is 2. The number of hydrogen-bond donors (Lipinski definition) is 1. The van der Waals surface area contributed by atoms with Crippen LogP contribution in [-0.2, 0) is 5.41 Å². The number of alkyl halides is 3. The minimum atomic E-state index is -4.79. The molecule has 2 amide bonds. The third-order valence-corrected chi connectivity index (χ3v) is 6.04. The average Bonchev–Trinajstić information content (AvgIpc) is 3.27. The summed E-state index contributed by atoms with van der Waals surface area (Å²) < 4.78 is 43.5. The first-order valence-electron chi connectivity index (χ1n) is 9.24. The molecule has 2 aromatic rings. The van der Waals surface area contributed by atoms with Crippen LogP contribution in [0.15, 0.2) is 72.4 Å². The number of benzene rings is 1. The predicted octanol–water partition coefficient (Wildman–Crippen LogP) is 3.75. The molecule has 7 nitrogen and oxygen atoms in total. The summed E-state index contributed by atoms with van der Waals surface area (Å²) in [4.78, 5) is 13.8. The van der Waals surface area contributed by atoms with Gasteiger partial charge in [0.1, 0.15) is 5.75 Å². The van der Waals surface area contributed by atoms with Gasteiger partial charge in [0.2, 0.25) is 0 Å². The molecular weight excluding hydrogens is 431 g/mol. The molecule has 11 heteroatoms. The number of primary amides is 1. The van der Waals surface area contributed by atoms with E-state index in [4.69, 9.17) is 5.73 Å². The molecule has 2 aliphatic rings. The summed E-state index contributed by atoms with van der Waals surface area (Å²) >= 11 is 1.42. The molecule has 31 heavy (non-hydrogen) atoms. The third-order valence-electron chi connectivity index (χ3n) is 5.26. The Balaban J connectivity index is 1.86. The fraction of sp³-hybridized carbons (Fsp3) is 0.250. The smallest absolute Gasteiger partial charge is 0.406 e. The molecule has 0 radical (unpaired) electrons. The molecule has 1 aromatic heterocycles. The van der Waals surface area contributed by atoms with Crippen molar-refractivity contribution in [1.29, 1.82) is 0 Å². The van der Waals surface area contributed by atoms with Crippen molar-refractivity contribution >= 4 is 17.8 Å². The molecule has 2 N–H and O–H groups in total. The van der Waals surface area contributed by atoms with E-state index in [1.54, 1.807) is 23.0 Å². The Labute approximate surface area is 180 Å². The van der Waals surface area contributed by atoms with Crippen molar-refractivity contribution in [2.24, 2.45) is 5.73 Å². The summed E-state index contributed by atoms with van der Waals surface area (Å²) in [6, 6.07) is 4.09.